The number of rotatable bonds is 3. The molecule has 14 heavy (non-hydrogen) atoms. The second-order valence-corrected chi connectivity index (χ2v) is 6.26. The zero-order valence-corrected chi connectivity index (χ0v) is 10.4. The molecule has 0 radical (unpaired) electrons. The molecule has 1 rings (SSSR count). The van der Waals surface area contributed by atoms with Crippen LogP contribution in [0.1, 0.15) is 33.6 Å². The summed E-state index contributed by atoms with van der Waals surface area (Å²) in [5.74, 6) is -0.0846. The Hall–Kier alpha value is -0.220. The van der Waals surface area contributed by atoms with Crippen LogP contribution in [0.2, 0.25) is 0 Å². The lowest BCUT2D eigenvalue weighted by molar-refractivity contribution is -0.140. The number of hydrogen-bond donors (Lipinski definition) is 0. The molecule has 4 heteroatoms. The summed E-state index contributed by atoms with van der Waals surface area (Å²) >= 11 is 1.61. The van der Waals surface area contributed by atoms with E-state index in [9.17, 15) is 4.79 Å². The second kappa shape index (κ2) is 3.74. The smallest absolute Gasteiger partial charge is 0.323 e. The van der Waals surface area contributed by atoms with Gasteiger partial charge in [0.1, 0.15) is 4.75 Å². The van der Waals surface area contributed by atoms with Crippen LogP contribution in [0.25, 0.3) is 0 Å². The number of ether oxygens (including phenoxy) is 1. The van der Waals surface area contributed by atoms with E-state index in [0.29, 0.717) is 0 Å². The molecule has 0 atom stereocenters. The van der Waals surface area contributed by atoms with Gasteiger partial charge in [-0.25, -0.2) is 4.31 Å². The van der Waals surface area contributed by atoms with Crippen molar-refractivity contribution >= 4 is 17.9 Å². The monoisotopic (exact) mass is 217 g/mol. The maximum Gasteiger partial charge on any atom is 0.323 e. The minimum atomic E-state index is -0.281. The van der Waals surface area contributed by atoms with E-state index in [-0.39, 0.29) is 16.3 Å². The van der Waals surface area contributed by atoms with Gasteiger partial charge >= 0.3 is 5.97 Å². The number of carbonyl (C=O) groups is 1. The lowest BCUT2D eigenvalue weighted by Crippen LogP contribution is -2.37. The molecule has 1 saturated carbocycles. The minimum absolute atomic E-state index is 0.0777. The van der Waals surface area contributed by atoms with Crippen LogP contribution < -0.4 is 0 Å². The highest BCUT2D eigenvalue weighted by Gasteiger charge is 2.53. The van der Waals surface area contributed by atoms with Crippen LogP contribution in [0.5, 0.6) is 0 Å². The van der Waals surface area contributed by atoms with E-state index < -0.39 is 0 Å². The van der Waals surface area contributed by atoms with Crippen molar-refractivity contribution in [3.63, 3.8) is 0 Å². The van der Waals surface area contributed by atoms with Crippen molar-refractivity contribution in [3.8, 4) is 0 Å². The van der Waals surface area contributed by atoms with Crippen LogP contribution in [-0.4, -0.2) is 34.7 Å². The van der Waals surface area contributed by atoms with E-state index in [2.05, 4.69) is 25.1 Å². The lowest BCUT2D eigenvalue weighted by atomic mass is 10.1. The molecule has 0 aromatic heterocycles. The van der Waals surface area contributed by atoms with E-state index in [1.807, 2.05) is 7.05 Å². The SMILES string of the molecule is COC(=O)C1(SN(C)C(C)(C)C)CC1. The molecular formula is C10H19NO2S. The van der Waals surface area contributed by atoms with Crippen LogP contribution in [0.3, 0.4) is 0 Å². The minimum Gasteiger partial charge on any atom is -0.468 e. The number of nitrogens with zero attached hydrogens (tertiary/aromatic N) is 1. The van der Waals surface area contributed by atoms with Crippen molar-refractivity contribution in [1.29, 1.82) is 0 Å². The van der Waals surface area contributed by atoms with E-state index in [4.69, 9.17) is 4.74 Å². The topological polar surface area (TPSA) is 29.5 Å². The molecule has 1 aliphatic carbocycles. The Labute approximate surface area is 90.3 Å². The predicted molar refractivity (Wildman–Crippen MR) is 59.1 cm³/mol. The van der Waals surface area contributed by atoms with Crippen molar-refractivity contribution in [2.24, 2.45) is 0 Å². The molecule has 0 N–H and O–H groups in total. The van der Waals surface area contributed by atoms with Gasteiger partial charge in [-0.15, -0.1) is 0 Å². The summed E-state index contributed by atoms with van der Waals surface area (Å²) in [6.07, 6.45) is 1.87. The Morgan fingerprint density at radius 2 is 1.93 bits per heavy atom. The molecule has 82 valence electrons. The molecule has 0 amide bonds. The fourth-order valence-corrected chi connectivity index (χ4v) is 2.27. The summed E-state index contributed by atoms with van der Waals surface area (Å²) in [7, 11) is 3.48. The van der Waals surface area contributed by atoms with Crippen molar-refractivity contribution in [2.45, 2.75) is 43.9 Å². The highest BCUT2D eigenvalue weighted by molar-refractivity contribution is 7.99. The third kappa shape index (κ3) is 2.42. The highest BCUT2D eigenvalue weighted by atomic mass is 32.2. The molecule has 1 fully saturated rings. The Bertz CT molecular complexity index is 231. The van der Waals surface area contributed by atoms with Crippen molar-refractivity contribution in [2.75, 3.05) is 14.2 Å². The summed E-state index contributed by atoms with van der Waals surface area (Å²) in [4.78, 5) is 11.5. The number of esters is 1. The average Bonchev–Trinajstić information content (AvgIpc) is 2.82. The molecule has 0 saturated heterocycles. The summed E-state index contributed by atoms with van der Waals surface area (Å²) < 4.78 is 6.66. The average molecular weight is 217 g/mol. The van der Waals surface area contributed by atoms with Gasteiger partial charge in [0.05, 0.1) is 7.11 Å². The van der Waals surface area contributed by atoms with Gasteiger partial charge in [0.15, 0.2) is 0 Å². The summed E-state index contributed by atoms with van der Waals surface area (Å²) in [5.41, 5.74) is 0.0777. The summed E-state index contributed by atoms with van der Waals surface area (Å²) in [6.45, 7) is 6.40. The molecule has 0 spiro atoms. The van der Waals surface area contributed by atoms with Crippen LogP contribution in [0.15, 0.2) is 0 Å². The van der Waals surface area contributed by atoms with Crippen LogP contribution in [-0.2, 0) is 9.53 Å². The standard InChI is InChI=1S/C10H19NO2S/c1-9(2,3)11(4)14-10(6-7-10)8(12)13-5/h6-7H2,1-5H3. The largest absolute Gasteiger partial charge is 0.468 e. The molecule has 0 aliphatic heterocycles. The fourth-order valence-electron chi connectivity index (χ4n) is 1.03. The van der Waals surface area contributed by atoms with Gasteiger partial charge in [-0.2, -0.15) is 0 Å². The lowest BCUT2D eigenvalue weighted by Gasteiger charge is -2.32. The van der Waals surface area contributed by atoms with Crippen LogP contribution >= 0.6 is 11.9 Å². The van der Waals surface area contributed by atoms with Gasteiger partial charge in [0, 0.05) is 5.54 Å². The van der Waals surface area contributed by atoms with Crippen molar-refractivity contribution in [1.82, 2.24) is 4.31 Å². The van der Waals surface area contributed by atoms with Crippen LogP contribution in [0, 0.1) is 0 Å². The van der Waals surface area contributed by atoms with Gasteiger partial charge in [-0.05, 0) is 40.7 Å². The Morgan fingerprint density at radius 3 is 2.21 bits per heavy atom. The van der Waals surface area contributed by atoms with E-state index in [1.165, 1.54) is 7.11 Å². The Kier molecular flexibility index (Phi) is 3.17. The van der Waals surface area contributed by atoms with Gasteiger partial charge in [-0.1, -0.05) is 11.9 Å². The predicted octanol–water partition coefficient (Wildman–Crippen LogP) is 2.07. The summed E-state index contributed by atoms with van der Waals surface area (Å²) in [5, 5.41) is 0. The first kappa shape index (κ1) is 11.9. The third-order valence-corrected chi connectivity index (χ3v) is 4.26. The molecule has 0 bridgehead atoms. The van der Waals surface area contributed by atoms with E-state index in [0.717, 1.165) is 12.8 Å². The maximum atomic E-state index is 11.5. The number of hydrogen-bond acceptors (Lipinski definition) is 4. The molecule has 0 aromatic rings. The van der Waals surface area contributed by atoms with Gasteiger partial charge in [0.2, 0.25) is 0 Å². The Morgan fingerprint density at radius 1 is 1.43 bits per heavy atom. The molecule has 0 aromatic carbocycles. The second-order valence-electron chi connectivity index (χ2n) is 4.75. The van der Waals surface area contributed by atoms with Crippen LogP contribution in [0.4, 0.5) is 0 Å². The summed E-state index contributed by atoms with van der Waals surface area (Å²) in [6, 6.07) is 0. The molecule has 0 unspecified atom stereocenters. The molecular weight excluding hydrogens is 198 g/mol. The molecule has 3 nitrogen and oxygen atoms in total. The van der Waals surface area contributed by atoms with Gasteiger partial charge < -0.3 is 4.74 Å². The third-order valence-electron chi connectivity index (χ3n) is 2.52. The molecule has 1 aliphatic rings. The van der Waals surface area contributed by atoms with Gasteiger partial charge in [-0.3, -0.25) is 4.79 Å². The zero-order chi connectivity index (χ0) is 11.0. The maximum absolute atomic E-state index is 11.5. The molecule has 0 heterocycles. The first-order valence-corrected chi connectivity index (χ1v) is 5.60. The van der Waals surface area contributed by atoms with Gasteiger partial charge in [0.25, 0.3) is 0 Å². The van der Waals surface area contributed by atoms with Crippen molar-refractivity contribution in [3.05, 3.63) is 0 Å². The first-order valence-electron chi connectivity index (χ1n) is 4.83. The number of methoxy groups -OCH3 is 1. The van der Waals surface area contributed by atoms with Crippen molar-refractivity contribution < 1.29 is 9.53 Å². The van der Waals surface area contributed by atoms with E-state index in [1.54, 1.807) is 11.9 Å². The van der Waals surface area contributed by atoms with E-state index >= 15 is 0 Å². The fraction of sp³-hybridized carbons (Fsp3) is 0.900. The normalized spacial score (nSPS) is 19.6. The zero-order valence-electron chi connectivity index (χ0n) is 9.59. The quantitative estimate of drug-likeness (QED) is 0.534. The Balaban J connectivity index is 2.56. The highest BCUT2D eigenvalue weighted by Crippen LogP contribution is 2.51. The number of carbonyl (C=O) groups excluding carboxylic acids is 1. The first-order chi connectivity index (χ1) is 6.32.